The summed E-state index contributed by atoms with van der Waals surface area (Å²) >= 11 is 1.42. The van der Waals surface area contributed by atoms with Crippen LogP contribution in [0.1, 0.15) is 6.92 Å². The maximum atomic E-state index is 5.37. The summed E-state index contributed by atoms with van der Waals surface area (Å²) in [5.41, 5.74) is 1.06. The first-order chi connectivity index (χ1) is 10.3. The Morgan fingerprint density at radius 1 is 1.29 bits per heavy atom. The minimum atomic E-state index is 0.347. The van der Waals surface area contributed by atoms with Gasteiger partial charge in [0.05, 0.1) is 13.2 Å². The Bertz CT molecular complexity index is 554. The van der Waals surface area contributed by atoms with Crippen LogP contribution < -0.4 is 5.32 Å². The molecule has 0 spiro atoms. The van der Waals surface area contributed by atoms with Gasteiger partial charge in [-0.3, -0.25) is 4.90 Å². The molecular formula is C15H20N4OS. The van der Waals surface area contributed by atoms with Crippen molar-refractivity contribution in [3.05, 3.63) is 30.3 Å². The van der Waals surface area contributed by atoms with Gasteiger partial charge < -0.3 is 10.1 Å². The molecule has 0 aliphatic carbocycles. The van der Waals surface area contributed by atoms with Gasteiger partial charge in [0.25, 0.3) is 0 Å². The molecular weight excluding hydrogens is 284 g/mol. The van der Waals surface area contributed by atoms with E-state index in [2.05, 4.69) is 26.5 Å². The predicted molar refractivity (Wildman–Crippen MR) is 85.7 cm³/mol. The maximum absolute atomic E-state index is 5.37. The van der Waals surface area contributed by atoms with Gasteiger partial charge in [-0.25, -0.2) is 0 Å². The molecule has 1 atom stereocenters. The van der Waals surface area contributed by atoms with E-state index in [9.17, 15) is 0 Å². The zero-order chi connectivity index (χ0) is 14.5. The molecule has 1 unspecified atom stereocenters. The van der Waals surface area contributed by atoms with Crippen LogP contribution in [0.2, 0.25) is 0 Å². The number of benzene rings is 1. The summed E-state index contributed by atoms with van der Waals surface area (Å²) in [7, 11) is 0. The third kappa shape index (κ3) is 4.00. The second kappa shape index (κ2) is 6.98. The van der Waals surface area contributed by atoms with E-state index in [0.717, 1.165) is 49.4 Å². The van der Waals surface area contributed by atoms with Crippen LogP contribution in [0.25, 0.3) is 11.4 Å². The van der Waals surface area contributed by atoms with Crippen LogP contribution >= 0.6 is 11.5 Å². The Hall–Kier alpha value is -1.50. The number of hydrogen-bond acceptors (Lipinski definition) is 6. The van der Waals surface area contributed by atoms with Gasteiger partial charge in [-0.15, -0.1) is 0 Å². The van der Waals surface area contributed by atoms with Crippen molar-refractivity contribution >= 4 is 16.7 Å². The van der Waals surface area contributed by atoms with Crippen molar-refractivity contribution in [3.8, 4) is 11.4 Å². The number of hydrogen-bond donors (Lipinski definition) is 1. The van der Waals surface area contributed by atoms with Crippen molar-refractivity contribution in [1.29, 1.82) is 0 Å². The lowest BCUT2D eigenvalue weighted by Crippen LogP contribution is -2.42. The van der Waals surface area contributed by atoms with E-state index in [1.54, 1.807) is 0 Å². The van der Waals surface area contributed by atoms with E-state index in [0.29, 0.717) is 6.04 Å². The number of ether oxygens (including phenoxy) is 1. The summed E-state index contributed by atoms with van der Waals surface area (Å²) in [5, 5.41) is 4.33. The van der Waals surface area contributed by atoms with E-state index in [1.165, 1.54) is 11.5 Å². The summed E-state index contributed by atoms with van der Waals surface area (Å²) in [4.78, 5) is 6.98. The molecule has 3 rings (SSSR count). The lowest BCUT2D eigenvalue weighted by Gasteiger charge is -2.29. The molecule has 1 aliphatic rings. The molecule has 0 amide bonds. The molecule has 1 N–H and O–H groups in total. The van der Waals surface area contributed by atoms with Crippen molar-refractivity contribution in [2.45, 2.75) is 13.0 Å². The van der Waals surface area contributed by atoms with Gasteiger partial charge in [0.2, 0.25) is 5.13 Å². The summed E-state index contributed by atoms with van der Waals surface area (Å²) in [5.74, 6) is 0.793. The average Bonchev–Trinajstić information content (AvgIpc) is 2.97. The minimum absolute atomic E-state index is 0.347. The molecule has 0 saturated carbocycles. The van der Waals surface area contributed by atoms with Crippen molar-refractivity contribution in [1.82, 2.24) is 14.3 Å². The highest BCUT2D eigenvalue weighted by Crippen LogP contribution is 2.21. The minimum Gasteiger partial charge on any atom is -0.379 e. The molecule has 0 radical (unpaired) electrons. The number of aromatic nitrogens is 2. The first-order valence-electron chi connectivity index (χ1n) is 7.27. The molecule has 1 aliphatic heterocycles. The number of rotatable bonds is 5. The van der Waals surface area contributed by atoms with Crippen LogP contribution in [0.3, 0.4) is 0 Å². The fourth-order valence-electron chi connectivity index (χ4n) is 2.41. The van der Waals surface area contributed by atoms with E-state index < -0.39 is 0 Å². The standard InChI is InChI=1S/C15H20N4OS/c1-12(11-19-7-9-20-10-8-19)16-15-17-14(18-21-15)13-5-3-2-4-6-13/h2-6,12H,7-11H2,1H3,(H,16,17,18). The maximum Gasteiger partial charge on any atom is 0.203 e. The van der Waals surface area contributed by atoms with Crippen LogP contribution in [-0.4, -0.2) is 53.1 Å². The average molecular weight is 304 g/mol. The van der Waals surface area contributed by atoms with E-state index in [1.807, 2.05) is 30.3 Å². The van der Waals surface area contributed by atoms with Crippen molar-refractivity contribution in [2.24, 2.45) is 0 Å². The molecule has 2 aromatic rings. The Morgan fingerprint density at radius 3 is 2.81 bits per heavy atom. The predicted octanol–water partition coefficient (Wildman–Crippen LogP) is 2.34. The van der Waals surface area contributed by atoms with Crippen molar-refractivity contribution in [2.75, 3.05) is 38.2 Å². The molecule has 1 aromatic heterocycles. The first kappa shape index (κ1) is 14.4. The zero-order valence-corrected chi connectivity index (χ0v) is 13.0. The molecule has 1 aromatic carbocycles. The molecule has 6 heteroatoms. The molecule has 2 heterocycles. The summed E-state index contributed by atoms with van der Waals surface area (Å²) in [6.07, 6.45) is 0. The monoisotopic (exact) mass is 304 g/mol. The van der Waals surface area contributed by atoms with Crippen LogP contribution in [0.5, 0.6) is 0 Å². The fourth-order valence-corrected chi connectivity index (χ4v) is 3.11. The number of morpholine rings is 1. The van der Waals surface area contributed by atoms with Crippen molar-refractivity contribution < 1.29 is 4.74 Å². The molecule has 0 bridgehead atoms. The number of anilines is 1. The molecule has 1 saturated heterocycles. The van der Waals surface area contributed by atoms with Gasteiger partial charge in [-0.05, 0) is 6.92 Å². The van der Waals surface area contributed by atoms with E-state index in [4.69, 9.17) is 4.74 Å². The van der Waals surface area contributed by atoms with Gasteiger partial charge >= 0.3 is 0 Å². The third-order valence-corrected chi connectivity index (χ3v) is 4.11. The summed E-state index contributed by atoms with van der Waals surface area (Å²) in [6.45, 7) is 6.88. The quantitative estimate of drug-likeness (QED) is 0.919. The highest BCUT2D eigenvalue weighted by molar-refractivity contribution is 7.09. The van der Waals surface area contributed by atoms with E-state index >= 15 is 0 Å². The zero-order valence-electron chi connectivity index (χ0n) is 12.2. The summed E-state index contributed by atoms with van der Waals surface area (Å²) in [6, 6.07) is 10.4. The largest absolute Gasteiger partial charge is 0.379 e. The fraction of sp³-hybridized carbons (Fsp3) is 0.467. The molecule has 5 nitrogen and oxygen atoms in total. The second-order valence-corrected chi connectivity index (χ2v) is 6.00. The molecule has 21 heavy (non-hydrogen) atoms. The van der Waals surface area contributed by atoms with Crippen LogP contribution in [0, 0.1) is 0 Å². The van der Waals surface area contributed by atoms with Crippen molar-refractivity contribution in [3.63, 3.8) is 0 Å². The van der Waals surface area contributed by atoms with Gasteiger partial charge in [-0.2, -0.15) is 9.36 Å². The Kier molecular flexibility index (Phi) is 4.80. The Labute approximate surface area is 129 Å². The molecule has 112 valence electrons. The number of nitrogens with one attached hydrogen (secondary N) is 1. The molecule has 1 fully saturated rings. The van der Waals surface area contributed by atoms with Gasteiger partial charge in [0, 0.05) is 42.8 Å². The normalized spacial score (nSPS) is 17.6. The smallest absolute Gasteiger partial charge is 0.203 e. The van der Waals surface area contributed by atoms with Gasteiger partial charge in [0.1, 0.15) is 0 Å². The first-order valence-corrected chi connectivity index (χ1v) is 8.04. The highest BCUT2D eigenvalue weighted by atomic mass is 32.1. The summed E-state index contributed by atoms with van der Waals surface area (Å²) < 4.78 is 9.79. The van der Waals surface area contributed by atoms with E-state index in [-0.39, 0.29) is 0 Å². The van der Waals surface area contributed by atoms with Gasteiger partial charge in [0.15, 0.2) is 5.82 Å². The lowest BCUT2D eigenvalue weighted by atomic mass is 10.2. The lowest BCUT2D eigenvalue weighted by molar-refractivity contribution is 0.0368. The topological polar surface area (TPSA) is 50.3 Å². The van der Waals surface area contributed by atoms with Crippen LogP contribution in [-0.2, 0) is 4.74 Å². The SMILES string of the molecule is CC(CN1CCOCC1)Nc1nc(-c2ccccc2)ns1. The Balaban J connectivity index is 1.56. The number of nitrogens with zero attached hydrogens (tertiary/aromatic N) is 3. The second-order valence-electron chi connectivity index (χ2n) is 5.25. The van der Waals surface area contributed by atoms with Crippen LogP contribution in [0.4, 0.5) is 5.13 Å². The third-order valence-electron chi connectivity index (χ3n) is 3.46. The van der Waals surface area contributed by atoms with Gasteiger partial charge in [-0.1, -0.05) is 30.3 Å². The highest BCUT2D eigenvalue weighted by Gasteiger charge is 2.15. The van der Waals surface area contributed by atoms with Crippen LogP contribution in [0.15, 0.2) is 30.3 Å². The Morgan fingerprint density at radius 2 is 2.05 bits per heavy atom.